The summed E-state index contributed by atoms with van der Waals surface area (Å²) in [6, 6.07) is 12.3. The summed E-state index contributed by atoms with van der Waals surface area (Å²) in [5.41, 5.74) is 2.11. The minimum Gasteiger partial charge on any atom is -0.497 e. The second-order valence-electron chi connectivity index (χ2n) is 4.42. The quantitative estimate of drug-likeness (QED) is 0.854. The van der Waals surface area contributed by atoms with Gasteiger partial charge < -0.3 is 19.9 Å². The third-order valence-electron chi connectivity index (χ3n) is 3.09. The van der Waals surface area contributed by atoms with Gasteiger partial charge in [-0.25, -0.2) is 4.79 Å². The minimum atomic E-state index is -0.925. The maximum atomic E-state index is 10.8. The first-order chi connectivity index (χ1) is 10.1. The van der Waals surface area contributed by atoms with E-state index in [1.165, 1.54) is 0 Å². The molecule has 0 heterocycles. The van der Waals surface area contributed by atoms with Gasteiger partial charge in [0.25, 0.3) is 0 Å². The Hall–Kier alpha value is -2.69. The highest BCUT2D eigenvalue weighted by molar-refractivity contribution is 5.87. The lowest BCUT2D eigenvalue weighted by atomic mass is 10.1. The molecule has 0 bridgehead atoms. The van der Waals surface area contributed by atoms with Gasteiger partial charge in [-0.1, -0.05) is 12.1 Å². The molecule has 0 unspecified atom stereocenters. The van der Waals surface area contributed by atoms with Gasteiger partial charge in [-0.2, -0.15) is 0 Å². The number of methoxy groups -OCH3 is 2. The molecule has 0 fully saturated rings. The molecule has 0 saturated heterocycles. The van der Waals surface area contributed by atoms with Crippen molar-refractivity contribution >= 4 is 11.7 Å². The van der Waals surface area contributed by atoms with Crippen LogP contribution in [0.5, 0.6) is 11.5 Å². The second-order valence-corrected chi connectivity index (χ2v) is 4.42. The second kappa shape index (κ2) is 6.65. The zero-order chi connectivity index (χ0) is 15.2. The maximum Gasteiger partial charge on any atom is 0.335 e. The normalized spacial score (nSPS) is 10.0. The van der Waals surface area contributed by atoms with Crippen molar-refractivity contribution in [2.45, 2.75) is 6.54 Å². The Balaban J connectivity index is 2.07. The first kappa shape index (κ1) is 14.7. The van der Waals surface area contributed by atoms with Crippen molar-refractivity contribution in [3.63, 3.8) is 0 Å². The lowest BCUT2D eigenvalue weighted by Gasteiger charge is -2.12. The number of hydrogen-bond acceptors (Lipinski definition) is 4. The van der Waals surface area contributed by atoms with Crippen LogP contribution in [0.25, 0.3) is 0 Å². The molecule has 5 nitrogen and oxygen atoms in total. The van der Waals surface area contributed by atoms with E-state index in [0.29, 0.717) is 12.3 Å². The van der Waals surface area contributed by atoms with Crippen LogP contribution in [-0.4, -0.2) is 25.3 Å². The number of ether oxygens (including phenoxy) is 2. The van der Waals surface area contributed by atoms with Crippen LogP contribution >= 0.6 is 0 Å². The van der Waals surface area contributed by atoms with E-state index in [1.54, 1.807) is 44.6 Å². The largest absolute Gasteiger partial charge is 0.497 e. The Kier molecular flexibility index (Phi) is 4.66. The smallest absolute Gasteiger partial charge is 0.335 e. The number of rotatable bonds is 6. The summed E-state index contributed by atoms with van der Waals surface area (Å²) in [5.74, 6) is 0.492. The van der Waals surface area contributed by atoms with Crippen molar-refractivity contribution in [1.82, 2.24) is 0 Å². The molecule has 110 valence electrons. The zero-order valence-corrected chi connectivity index (χ0v) is 11.9. The van der Waals surface area contributed by atoms with Gasteiger partial charge in [0.15, 0.2) is 0 Å². The standard InChI is InChI=1S/C16H17NO4/c1-20-13-7-8-14(15(9-13)21-2)17-10-11-3-5-12(6-4-11)16(18)19/h3-9,17H,10H2,1-2H3,(H,18,19). The van der Waals surface area contributed by atoms with Gasteiger partial charge in [0.2, 0.25) is 0 Å². The van der Waals surface area contributed by atoms with E-state index in [-0.39, 0.29) is 5.56 Å². The number of nitrogens with one attached hydrogen (secondary N) is 1. The number of carboxylic acid groups (broad SMARTS) is 1. The highest BCUT2D eigenvalue weighted by atomic mass is 16.5. The number of aromatic carboxylic acids is 1. The van der Waals surface area contributed by atoms with Gasteiger partial charge in [-0.05, 0) is 29.8 Å². The fourth-order valence-corrected chi connectivity index (χ4v) is 1.91. The molecular weight excluding hydrogens is 270 g/mol. The van der Waals surface area contributed by atoms with Crippen molar-refractivity contribution in [1.29, 1.82) is 0 Å². The molecule has 0 spiro atoms. The van der Waals surface area contributed by atoms with E-state index in [2.05, 4.69) is 5.32 Å². The fraction of sp³-hybridized carbons (Fsp3) is 0.188. The predicted octanol–water partition coefficient (Wildman–Crippen LogP) is 3.01. The molecule has 0 aliphatic rings. The number of carboxylic acids is 1. The average molecular weight is 287 g/mol. The summed E-state index contributed by atoms with van der Waals surface area (Å²) in [7, 11) is 3.20. The SMILES string of the molecule is COc1ccc(NCc2ccc(C(=O)O)cc2)c(OC)c1. The Bertz CT molecular complexity index is 623. The van der Waals surface area contributed by atoms with E-state index in [0.717, 1.165) is 17.0 Å². The first-order valence-electron chi connectivity index (χ1n) is 6.42. The molecule has 0 aliphatic carbocycles. The van der Waals surface area contributed by atoms with Crippen molar-refractivity contribution < 1.29 is 19.4 Å². The third kappa shape index (κ3) is 3.66. The maximum absolute atomic E-state index is 10.8. The van der Waals surface area contributed by atoms with Gasteiger partial charge in [0.1, 0.15) is 11.5 Å². The molecule has 2 rings (SSSR count). The lowest BCUT2D eigenvalue weighted by molar-refractivity contribution is 0.0697. The Morgan fingerprint density at radius 3 is 2.38 bits per heavy atom. The molecule has 0 aromatic heterocycles. The first-order valence-corrected chi connectivity index (χ1v) is 6.42. The average Bonchev–Trinajstić information content (AvgIpc) is 2.53. The summed E-state index contributed by atoms with van der Waals surface area (Å²) in [5, 5.41) is 12.1. The van der Waals surface area contributed by atoms with Crippen molar-refractivity contribution in [2.24, 2.45) is 0 Å². The molecule has 5 heteroatoms. The van der Waals surface area contributed by atoms with Gasteiger partial charge in [-0.15, -0.1) is 0 Å². The number of carbonyl (C=O) groups is 1. The van der Waals surface area contributed by atoms with Crippen LogP contribution in [-0.2, 0) is 6.54 Å². The van der Waals surface area contributed by atoms with Crippen LogP contribution in [0.3, 0.4) is 0 Å². The van der Waals surface area contributed by atoms with E-state index < -0.39 is 5.97 Å². The molecule has 0 amide bonds. The Labute approximate surface area is 123 Å². The molecule has 0 saturated carbocycles. The molecule has 0 atom stereocenters. The van der Waals surface area contributed by atoms with Gasteiger partial charge in [0.05, 0.1) is 25.5 Å². The van der Waals surface area contributed by atoms with Gasteiger partial charge >= 0.3 is 5.97 Å². The van der Waals surface area contributed by atoms with Crippen LogP contribution in [0.4, 0.5) is 5.69 Å². The summed E-state index contributed by atoms with van der Waals surface area (Å²) in [6.45, 7) is 0.572. The molecule has 2 aromatic rings. The summed E-state index contributed by atoms with van der Waals surface area (Å²) in [6.07, 6.45) is 0. The molecule has 2 aromatic carbocycles. The zero-order valence-electron chi connectivity index (χ0n) is 11.9. The van der Waals surface area contributed by atoms with Gasteiger partial charge in [0, 0.05) is 12.6 Å². The van der Waals surface area contributed by atoms with Crippen LogP contribution in [0.1, 0.15) is 15.9 Å². The highest BCUT2D eigenvalue weighted by Gasteiger charge is 2.05. The van der Waals surface area contributed by atoms with Gasteiger partial charge in [-0.3, -0.25) is 0 Å². The number of benzene rings is 2. The number of anilines is 1. The monoisotopic (exact) mass is 287 g/mol. The topological polar surface area (TPSA) is 67.8 Å². The van der Waals surface area contributed by atoms with E-state index in [4.69, 9.17) is 14.6 Å². The number of hydrogen-bond donors (Lipinski definition) is 2. The molecule has 2 N–H and O–H groups in total. The molecular formula is C16H17NO4. The molecule has 0 aliphatic heterocycles. The minimum absolute atomic E-state index is 0.278. The Morgan fingerprint density at radius 1 is 1.10 bits per heavy atom. The molecule has 0 radical (unpaired) electrons. The van der Waals surface area contributed by atoms with Crippen molar-refractivity contribution in [2.75, 3.05) is 19.5 Å². The predicted molar refractivity (Wildman–Crippen MR) is 80.3 cm³/mol. The van der Waals surface area contributed by atoms with Crippen LogP contribution in [0.15, 0.2) is 42.5 Å². The fourth-order valence-electron chi connectivity index (χ4n) is 1.91. The lowest BCUT2D eigenvalue weighted by Crippen LogP contribution is -2.02. The van der Waals surface area contributed by atoms with Crippen LogP contribution < -0.4 is 14.8 Å². The van der Waals surface area contributed by atoms with Crippen LogP contribution in [0.2, 0.25) is 0 Å². The third-order valence-corrected chi connectivity index (χ3v) is 3.09. The van der Waals surface area contributed by atoms with Crippen LogP contribution in [0, 0.1) is 0 Å². The van der Waals surface area contributed by atoms with E-state index in [1.807, 2.05) is 12.1 Å². The Morgan fingerprint density at radius 2 is 1.81 bits per heavy atom. The highest BCUT2D eigenvalue weighted by Crippen LogP contribution is 2.29. The molecule has 21 heavy (non-hydrogen) atoms. The van der Waals surface area contributed by atoms with Crippen molar-refractivity contribution in [3.05, 3.63) is 53.6 Å². The summed E-state index contributed by atoms with van der Waals surface area (Å²) < 4.78 is 10.5. The van der Waals surface area contributed by atoms with E-state index >= 15 is 0 Å². The summed E-state index contributed by atoms with van der Waals surface area (Å²) >= 11 is 0. The van der Waals surface area contributed by atoms with Crippen molar-refractivity contribution in [3.8, 4) is 11.5 Å². The van der Waals surface area contributed by atoms with E-state index in [9.17, 15) is 4.79 Å². The summed E-state index contributed by atoms with van der Waals surface area (Å²) in [4.78, 5) is 10.8.